The van der Waals surface area contributed by atoms with Gasteiger partial charge in [-0.05, 0) is 0 Å². The lowest BCUT2D eigenvalue weighted by Gasteiger charge is -2.14. The van der Waals surface area contributed by atoms with Crippen molar-refractivity contribution in [1.82, 2.24) is 0 Å². The molecule has 0 aromatic carbocycles. The molecule has 0 amide bonds. The average Bonchev–Trinajstić information content (AvgIpc) is 2.22. The van der Waals surface area contributed by atoms with Gasteiger partial charge in [-0.25, -0.2) is 4.57 Å². The van der Waals surface area contributed by atoms with E-state index >= 15 is 0 Å². The molecule has 15 heavy (non-hydrogen) atoms. The van der Waals surface area contributed by atoms with E-state index in [1.54, 1.807) is 0 Å². The maximum atomic E-state index is 11.5. The van der Waals surface area contributed by atoms with Crippen molar-refractivity contribution >= 4 is 64.6 Å². The minimum Gasteiger partial charge on any atom is -0.407 e. The minimum absolute atomic E-state index is 0.0140. The molecule has 0 saturated carbocycles. The summed E-state index contributed by atoms with van der Waals surface area (Å²) in [5.41, 5.74) is 1.99. The molecule has 0 aliphatic carbocycles. The molecule has 0 rings (SSSR count). The number of alkyl halides is 2. The minimum atomic E-state index is -3.87. The standard InChI is InChI=1S/C6H6Cl5O3P/c7-1-5(2-8)13-15(11,12)14-6(3-9)4-10/h1,3H,2,4H2. The highest BCUT2D eigenvalue weighted by atomic mass is 35.7. The summed E-state index contributed by atoms with van der Waals surface area (Å²) in [6.45, 7) is -3.87. The third-order valence-corrected chi connectivity index (χ3v) is 3.29. The van der Waals surface area contributed by atoms with E-state index in [0.29, 0.717) is 0 Å². The Bertz CT molecular complexity index is 277. The molecule has 9 heteroatoms. The molecule has 0 fully saturated rings. The Labute approximate surface area is 112 Å². The molecule has 0 atom stereocenters. The Balaban J connectivity index is 4.50. The lowest BCUT2D eigenvalue weighted by atomic mass is 10.7. The molecule has 0 heterocycles. The van der Waals surface area contributed by atoms with E-state index in [2.05, 4.69) is 0 Å². The molecule has 0 saturated heterocycles. The summed E-state index contributed by atoms with van der Waals surface area (Å²) < 4.78 is 20.9. The molecule has 0 aromatic rings. The van der Waals surface area contributed by atoms with E-state index in [1.165, 1.54) is 0 Å². The Kier molecular flexibility index (Phi) is 8.34. The van der Waals surface area contributed by atoms with E-state index in [0.717, 1.165) is 11.1 Å². The van der Waals surface area contributed by atoms with Gasteiger partial charge in [0.1, 0.15) is 11.5 Å². The van der Waals surface area contributed by atoms with Crippen molar-refractivity contribution in [3.8, 4) is 0 Å². The average molecular weight is 334 g/mol. The van der Waals surface area contributed by atoms with Crippen LogP contribution in [0.5, 0.6) is 0 Å². The van der Waals surface area contributed by atoms with Crippen LogP contribution in [0.25, 0.3) is 0 Å². The number of hydrogen-bond acceptors (Lipinski definition) is 3. The van der Waals surface area contributed by atoms with Crippen LogP contribution in [0.4, 0.5) is 0 Å². The summed E-state index contributed by atoms with van der Waals surface area (Å²) in [4.78, 5) is 0. The summed E-state index contributed by atoms with van der Waals surface area (Å²) in [5, 5.41) is 0. The molecule has 0 aliphatic rings. The van der Waals surface area contributed by atoms with Crippen molar-refractivity contribution in [3.63, 3.8) is 0 Å². The zero-order chi connectivity index (χ0) is 11.9. The van der Waals surface area contributed by atoms with Gasteiger partial charge in [0.2, 0.25) is 0 Å². The summed E-state index contributed by atoms with van der Waals surface area (Å²) in [6, 6.07) is 0. The molecule has 3 nitrogen and oxygen atoms in total. The highest BCUT2D eigenvalue weighted by molar-refractivity contribution is 7.81. The van der Waals surface area contributed by atoms with Crippen molar-refractivity contribution in [2.24, 2.45) is 0 Å². The third-order valence-electron chi connectivity index (χ3n) is 0.959. The van der Waals surface area contributed by atoms with Gasteiger partial charge in [-0.15, -0.1) is 23.2 Å². The van der Waals surface area contributed by atoms with Crippen LogP contribution in [0.2, 0.25) is 0 Å². The van der Waals surface area contributed by atoms with E-state index in [-0.39, 0.29) is 23.3 Å². The van der Waals surface area contributed by atoms with Gasteiger partial charge in [0.15, 0.2) is 0 Å². The van der Waals surface area contributed by atoms with Crippen molar-refractivity contribution < 1.29 is 13.6 Å². The second kappa shape index (κ2) is 7.94. The van der Waals surface area contributed by atoms with E-state index in [1.807, 2.05) is 0 Å². The van der Waals surface area contributed by atoms with Crippen molar-refractivity contribution in [2.75, 3.05) is 11.8 Å². The van der Waals surface area contributed by atoms with Crippen molar-refractivity contribution in [1.29, 1.82) is 0 Å². The van der Waals surface area contributed by atoms with Gasteiger partial charge in [-0.3, -0.25) is 0 Å². The van der Waals surface area contributed by atoms with Crippen LogP contribution in [0.15, 0.2) is 22.6 Å². The van der Waals surface area contributed by atoms with Gasteiger partial charge in [0.25, 0.3) is 0 Å². The molecule has 0 bridgehead atoms. The molecular formula is C6H6Cl5O3P. The SMILES string of the molecule is O=P(Cl)(OC(=CCl)CCl)OC(=CCl)CCl. The van der Waals surface area contributed by atoms with Gasteiger partial charge in [0, 0.05) is 22.3 Å². The molecule has 0 spiro atoms. The Morgan fingerprint density at radius 3 is 1.60 bits per heavy atom. The lowest BCUT2D eigenvalue weighted by molar-refractivity contribution is 0.310. The van der Waals surface area contributed by atoms with Crippen LogP contribution in [0.3, 0.4) is 0 Å². The maximum Gasteiger partial charge on any atom is 0.529 e. The van der Waals surface area contributed by atoms with Crippen molar-refractivity contribution in [2.45, 2.75) is 0 Å². The highest BCUT2D eigenvalue weighted by Crippen LogP contribution is 2.57. The van der Waals surface area contributed by atoms with Gasteiger partial charge in [-0.2, -0.15) is 0 Å². The van der Waals surface area contributed by atoms with E-state index in [9.17, 15) is 4.57 Å². The van der Waals surface area contributed by atoms with Gasteiger partial charge >= 0.3 is 6.95 Å². The molecule has 0 aromatic heterocycles. The normalized spacial score (nSPS) is 17.1. The first kappa shape index (κ1) is 15.8. The van der Waals surface area contributed by atoms with Gasteiger partial charge < -0.3 is 9.05 Å². The number of rotatable bonds is 6. The monoisotopic (exact) mass is 332 g/mol. The van der Waals surface area contributed by atoms with Crippen molar-refractivity contribution in [3.05, 3.63) is 22.6 Å². The second-order valence-electron chi connectivity index (χ2n) is 2.03. The van der Waals surface area contributed by atoms with Crippen LogP contribution in [-0.2, 0) is 13.6 Å². The second-order valence-corrected chi connectivity index (χ2v) is 5.47. The van der Waals surface area contributed by atoms with Crippen LogP contribution in [0, 0.1) is 0 Å². The third kappa shape index (κ3) is 6.83. The van der Waals surface area contributed by atoms with Gasteiger partial charge in [-0.1, -0.05) is 23.2 Å². The first-order valence-corrected chi connectivity index (χ1v) is 7.77. The molecule has 0 unspecified atom stereocenters. The zero-order valence-corrected chi connectivity index (χ0v) is 11.8. The van der Waals surface area contributed by atoms with Crippen LogP contribution < -0.4 is 0 Å². The summed E-state index contributed by atoms with van der Waals surface area (Å²) in [6.07, 6.45) is 0. The number of halogens is 5. The topological polar surface area (TPSA) is 35.5 Å². The Morgan fingerprint density at radius 1 is 1.07 bits per heavy atom. The smallest absolute Gasteiger partial charge is 0.407 e. The Hall–Kier alpha value is 0.760. The first-order valence-electron chi connectivity index (χ1n) is 3.38. The highest BCUT2D eigenvalue weighted by Gasteiger charge is 2.26. The van der Waals surface area contributed by atoms with Crippen LogP contribution in [0.1, 0.15) is 0 Å². The predicted molar refractivity (Wildman–Crippen MR) is 64.9 cm³/mol. The quantitative estimate of drug-likeness (QED) is 0.389. The van der Waals surface area contributed by atoms with Gasteiger partial charge in [0.05, 0.1) is 11.8 Å². The van der Waals surface area contributed by atoms with E-state index < -0.39 is 6.95 Å². The van der Waals surface area contributed by atoms with Crippen LogP contribution in [-0.4, -0.2) is 11.8 Å². The summed E-state index contributed by atoms with van der Waals surface area (Å²) >= 11 is 26.8. The molecule has 88 valence electrons. The largest absolute Gasteiger partial charge is 0.529 e. The zero-order valence-electron chi connectivity index (χ0n) is 7.13. The first-order chi connectivity index (χ1) is 6.99. The number of allylic oxidation sites excluding steroid dienone is 2. The lowest BCUT2D eigenvalue weighted by Crippen LogP contribution is -1.94. The van der Waals surface area contributed by atoms with Crippen LogP contribution >= 0.6 is 64.6 Å². The number of hydrogen-bond donors (Lipinski definition) is 0. The molecule has 0 aliphatic heterocycles. The Morgan fingerprint density at radius 2 is 1.40 bits per heavy atom. The molecule has 0 radical (unpaired) electrons. The summed E-state index contributed by atoms with van der Waals surface area (Å²) in [7, 11) is 0. The summed E-state index contributed by atoms with van der Waals surface area (Å²) in [5.74, 6) is -0.158. The predicted octanol–water partition coefficient (Wildman–Crippen LogP) is 5.00. The fourth-order valence-electron chi connectivity index (χ4n) is 0.446. The molecular weight excluding hydrogens is 328 g/mol. The molecule has 0 N–H and O–H groups in total. The maximum absolute atomic E-state index is 11.5. The van der Waals surface area contributed by atoms with E-state index in [4.69, 9.17) is 66.7 Å². The fraction of sp³-hybridized carbons (Fsp3) is 0.333. The fourth-order valence-corrected chi connectivity index (χ4v) is 2.75.